The number of fused-ring (bicyclic) bond motifs is 1. The quantitative estimate of drug-likeness (QED) is 0.649. The highest BCUT2D eigenvalue weighted by Crippen LogP contribution is 2.27. The number of nitro groups is 1. The van der Waals surface area contributed by atoms with Crippen LogP contribution in [-0.4, -0.2) is 29.5 Å². The van der Waals surface area contributed by atoms with E-state index in [1.54, 1.807) is 12.1 Å². The Bertz CT molecular complexity index is 634. The summed E-state index contributed by atoms with van der Waals surface area (Å²) in [6.45, 7) is 2.92. The molecule has 3 rings (SSSR count). The SMILES string of the molecule is O=[N+]([O-])c1cccc2oc(NCCC3CCCNC3)nc12. The van der Waals surface area contributed by atoms with Gasteiger partial charge in [-0.1, -0.05) is 6.07 Å². The molecule has 0 bridgehead atoms. The van der Waals surface area contributed by atoms with Crippen molar-refractivity contribution in [3.8, 4) is 0 Å². The maximum Gasteiger partial charge on any atom is 0.298 e. The average molecular weight is 290 g/mol. The van der Waals surface area contributed by atoms with Crippen LogP contribution < -0.4 is 10.6 Å². The Hall–Kier alpha value is -2.15. The molecule has 1 aliphatic heterocycles. The van der Waals surface area contributed by atoms with Gasteiger partial charge in [0, 0.05) is 12.6 Å². The van der Waals surface area contributed by atoms with Gasteiger partial charge in [-0.25, -0.2) is 0 Å². The van der Waals surface area contributed by atoms with E-state index in [0.29, 0.717) is 23.0 Å². The van der Waals surface area contributed by atoms with Crippen LogP contribution in [0.5, 0.6) is 0 Å². The first kappa shape index (κ1) is 13.8. The summed E-state index contributed by atoms with van der Waals surface area (Å²) in [5.41, 5.74) is 0.705. The second-order valence-electron chi connectivity index (χ2n) is 5.33. The van der Waals surface area contributed by atoms with Crippen LogP contribution in [0.2, 0.25) is 0 Å². The summed E-state index contributed by atoms with van der Waals surface area (Å²) in [6, 6.07) is 5.07. The number of nitrogens with one attached hydrogen (secondary N) is 2. The van der Waals surface area contributed by atoms with Gasteiger partial charge in [0.05, 0.1) is 4.92 Å². The van der Waals surface area contributed by atoms with E-state index in [4.69, 9.17) is 4.42 Å². The van der Waals surface area contributed by atoms with Gasteiger partial charge in [0.15, 0.2) is 11.1 Å². The standard InChI is InChI=1S/C14H18N4O3/c19-18(20)11-4-1-5-12-13(11)17-14(21-12)16-8-6-10-3-2-7-15-9-10/h1,4-5,10,15H,2-3,6-9H2,(H,16,17). The summed E-state index contributed by atoms with van der Waals surface area (Å²) in [5, 5.41) is 17.4. The summed E-state index contributed by atoms with van der Waals surface area (Å²) in [4.78, 5) is 14.7. The van der Waals surface area contributed by atoms with Crippen LogP contribution in [0.15, 0.2) is 22.6 Å². The lowest BCUT2D eigenvalue weighted by Gasteiger charge is -2.22. The van der Waals surface area contributed by atoms with Gasteiger partial charge in [0.2, 0.25) is 0 Å². The zero-order valence-electron chi connectivity index (χ0n) is 11.7. The van der Waals surface area contributed by atoms with Gasteiger partial charge in [-0.15, -0.1) is 0 Å². The molecule has 1 aliphatic rings. The first-order valence-corrected chi connectivity index (χ1v) is 7.22. The minimum atomic E-state index is -0.442. The number of piperidine rings is 1. The van der Waals surface area contributed by atoms with E-state index in [-0.39, 0.29) is 5.69 Å². The molecule has 21 heavy (non-hydrogen) atoms. The van der Waals surface area contributed by atoms with Crippen molar-refractivity contribution in [1.82, 2.24) is 10.3 Å². The van der Waals surface area contributed by atoms with Gasteiger partial charge >= 0.3 is 0 Å². The third kappa shape index (κ3) is 3.13. The number of rotatable bonds is 5. The number of nitro benzene ring substituents is 1. The van der Waals surface area contributed by atoms with Gasteiger partial charge < -0.3 is 15.1 Å². The van der Waals surface area contributed by atoms with Crippen LogP contribution in [-0.2, 0) is 0 Å². The fourth-order valence-electron chi connectivity index (χ4n) is 2.71. The van der Waals surface area contributed by atoms with Crippen LogP contribution >= 0.6 is 0 Å². The minimum absolute atomic E-state index is 0.0271. The minimum Gasteiger partial charge on any atom is -0.423 e. The molecular formula is C14H18N4O3. The van der Waals surface area contributed by atoms with Crippen molar-refractivity contribution in [3.63, 3.8) is 0 Å². The Morgan fingerprint density at radius 2 is 2.43 bits per heavy atom. The third-order valence-corrected chi connectivity index (χ3v) is 3.82. The Morgan fingerprint density at radius 3 is 3.19 bits per heavy atom. The number of anilines is 1. The topological polar surface area (TPSA) is 93.2 Å². The lowest BCUT2D eigenvalue weighted by atomic mass is 9.96. The molecule has 1 atom stereocenters. The molecule has 2 N–H and O–H groups in total. The van der Waals surface area contributed by atoms with Crippen molar-refractivity contribution in [2.24, 2.45) is 5.92 Å². The number of benzene rings is 1. The molecule has 0 aliphatic carbocycles. The Kier molecular flexibility index (Phi) is 4.01. The lowest BCUT2D eigenvalue weighted by Crippen LogP contribution is -2.30. The van der Waals surface area contributed by atoms with Crippen LogP contribution in [0.4, 0.5) is 11.7 Å². The predicted octanol–water partition coefficient (Wildman–Crippen LogP) is 2.54. The summed E-state index contributed by atoms with van der Waals surface area (Å²) in [5.74, 6) is 0.671. The molecule has 0 saturated carbocycles. The summed E-state index contributed by atoms with van der Waals surface area (Å²) in [6.07, 6.45) is 3.50. The number of nitrogens with zero attached hydrogens (tertiary/aromatic N) is 2. The molecule has 112 valence electrons. The summed E-state index contributed by atoms with van der Waals surface area (Å²) < 4.78 is 5.51. The van der Waals surface area contributed by atoms with Crippen molar-refractivity contribution in [3.05, 3.63) is 28.3 Å². The maximum atomic E-state index is 10.9. The van der Waals surface area contributed by atoms with Crippen molar-refractivity contribution in [2.45, 2.75) is 19.3 Å². The predicted molar refractivity (Wildman–Crippen MR) is 79.4 cm³/mol. The van der Waals surface area contributed by atoms with Gasteiger partial charge in [0.1, 0.15) is 0 Å². The maximum absolute atomic E-state index is 10.9. The van der Waals surface area contributed by atoms with Crippen molar-refractivity contribution in [1.29, 1.82) is 0 Å². The van der Waals surface area contributed by atoms with Crippen LogP contribution in [0.1, 0.15) is 19.3 Å². The van der Waals surface area contributed by atoms with Gasteiger partial charge in [-0.3, -0.25) is 10.1 Å². The van der Waals surface area contributed by atoms with Crippen LogP contribution in [0.3, 0.4) is 0 Å². The fraction of sp³-hybridized carbons (Fsp3) is 0.500. The smallest absolute Gasteiger partial charge is 0.298 e. The molecule has 0 radical (unpaired) electrons. The molecule has 0 spiro atoms. The lowest BCUT2D eigenvalue weighted by molar-refractivity contribution is -0.383. The zero-order valence-corrected chi connectivity index (χ0v) is 11.7. The molecule has 1 aromatic heterocycles. The van der Waals surface area contributed by atoms with E-state index < -0.39 is 4.92 Å². The Morgan fingerprint density at radius 1 is 1.52 bits per heavy atom. The molecule has 1 saturated heterocycles. The van der Waals surface area contributed by atoms with Crippen molar-refractivity contribution in [2.75, 3.05) is 25.0 Å². The molecule has 1 unspecified atom stereocenters. The van der Waals surface area contributed by atoms with E-state index in [1.807, 2.05) is 0 Å². The number of non-ortho nitro benzene ring substituents is 1. The largest absolute Gasteiger partial charge is 0.423 e. The monoisotopic (exact) mass is 290 g/mol. The second-order valence-corrected chi connectivity index (χ2v) is 5.33. The fourth-order valence-corrected chi connectivity index (χ4v) is 2.71. The highest BCUT2D eigenvalue weighted by atomic mass is 16.6. The Balaban J connectivity index is 1.64. The van der Waals surface area contributed by atoms with Crippen LogP contribution in [0.25, 0.3) is 11.1 Å². The normalized spacial score (nSPS) is 18.8. The van der Waals surface area contributed by atoms with Crippen molar-refractivity contribution < 1.29 is 9.34 Å². The Labute approximate surface area is 121 Å². The number of oxazole rings is 1. The molecule has 0 amide bonds. The van der Waals surface area contributed by atoms with E-state index in [9.17, 15) is 10.1 Å². The number of hydrogen-bond donors (Lipinski definition) is 2. The summed E-state index contributed by atoms with van der Waals surface area (Å²) in [7, 11) is 0. The molecule has 7 nitrogen and oxygen atoms in total. The molecule has 1 fully saturated rings. The molecular weight excluding hydrogens is 272 g/mol. The van der Waals surface area contributed by atoms with E-state index in [2.05, 4.69) is 15.6 Å². The third-order valence-electron chi connectivity index (χ3n) is 3.82. The molecule has 2 aromatic rings. The van der Waals surface area contributed by atoms with E-state index in [1.165, 1.54) is 18.9 Å². The van der Waals surface area contributed by atoms with Crippen molar-refractivity contribution >= 4 is 22.8 Å². The molecule has 7 heteroatoms. The number of hydrogen-bond acceptors (Lipinski definition) is 6. The molecule has 1 aromatic carbocycles. The number of aromatic nitrogens is 1. The number of para-hydroxylation sites is 1. The first-order chi connectivity index (χ1) is 10.2. The van der Waals surface area contributed by atoms with Gasteiger partial charge in [-0.05, 0) is 44.3 Å². The molecule has 2 heterocycles. The van der Waals surface area contributed by atoms with Gasteiger partial charge in [-0.2, -0.15) is 4.98 Å². The summed E-state index contributed by atoms with van der Waals surface area (Å²) >= 11 is 0. The van der Waals surface area contributed by atoms with E-state index in [0.717, 1.165) is 26.1 Å². The highest BCUT2D eigenvalue weighted by Gasteiger charge is 2.17. The van der Waals surface area contributed by atoms with Gasteiger partial charge in [0.25, 0.3) is 11.7 Å². The first-order valence-electron chi connectivity index (χ1n) is 7.22. The van der Waals surface area contributed by atoms with Crippen LogP contribution in [0, 0.1) is 16.0 Å². The zero-order chi connectivity index (χ0) is 14.7. The second kappa shape index (κ2) is 6.09. The highest BCUT2D eigenvalue weighted by molar-refractivity contribution is 5.83. The van der Waals surface area contributed by atoms with E-state index >= 15 is 0 Å². The average Bonchev–Trinajstić information content (AvgIpc) is 2.90.